The van der Waals surface area contributed by atoms with Gasteiger partial charge < -0.3 is 11.1 Å². The Kier molecular flexibility index (Phi) is 8.89. The molecule has 4 N–H and O–H groups in total. The summed E-state index contributed by atoms with van der Waals surface area (Å²) in [5.41, 5.74) is 13.4. The summed E-state index contributed by atoms with van der Waals surface area (Å²) in [5.74, 6) is -0.166. The molecular weight excluding hydrogens is 448 g/mol. The number of amides is 2. The van der Waals surface area contributed by atoms with Crippen LogP contribution < -0.4 is 16.5 Å². The van der Waals surface area contributed by atoms with Crippen molar-refractivity contribution in [3.05, 3.63) is 102 Å². The molecule has 0 aliphatic heterocycles. The van der Waals surface area contributed by atoms with Crippen LogP contribution in [0.25, 0.3) is 6.08 Å². The van der Waals surface area contributed by atoms with Gasteiger partial charge in [-0.1, -0.05) is 86.0 Å². The molecule has 0 unspecified atom stereocenters. The molecule has 0 heterocycles. The molecule has 0 bridgehead atoms. The third-order valence-electron chi connectivity index (χ3n) is 6.49. The van der Waals surface area contributed by atoms with Gasteiger partial charge >= 0.3 is 0 Å². The number of nitrogens with zero attached hydrogens (tertiary/aromatic N) is 1. The van der Waals surface area contributed by atoms with E-state index in [9.17, 15) is 9.59 Å². The molecule has 6 heteroatoms. The molecule has 3 aromatic carbocycles. The van der Waals surface area contributed by atoms with E-state index >= 15 is 0 Å². The highest BCUT2D eigenvalue weighted by atomic mass is 16.2. The monoisotopic (exact) mass is 482 g/mol. The van der Waals surface area contributed by atoms with Gasteiger partial charge in [0.1, 0.15) is 0 Å². The highest BCUT2D eigenvalue weighted by molar-refractivity contribution is 6.03. The minimum Gasteiger partial charge on any atom is -0.397 e. The van der Waals surface area contributed by atoms with Crippen LogP contribution in [-0.2, 0) is 22.6 Å². The summed E-state index contributed by atoms with van der Waals surface area (Å²) in [6, 6.07) is 25.3. The maximum Gasteiger partial charge on any atom is 0.248 e. The number of carbonyl (C=O) groups is 2. The van der Waals surface area contributed by atoms with E-state index in [1.165, 1.54) is 12.5 Å². The predicted octanol–water partition coefficient (Wildman–Crippen LogP) is 5.33. The van der Waals surface area contributed by atoms with Crippen molar-refractivity contribution in [1.82, 2.24) is 10.4 Å². The summed E-state index contributed by atoms with van der Waals surface area (Å²) in [5, 5.41) is 4.65. The molecule has 0 spiro atoms. The topological polar surface area (TPSA) is 87.5 Å². The number of hydrogen-bond donors (Lipinski definition) is 3. The fraction of sp³-hybridized carbons (Fsp3) is 0.267. The molecule has 1 aliphatic carbocycles. The zero-order valence-corrected chi connectivity index (χ0v) is 20.5. The lowest BCUT2D eigenvalue weighted by Gasteiger charge is -2.34. The molecule has 0 aromatic heterocycles. The molecule has 1 fully saturated rings. The first-order valence-electron chi connectivity index (χ1n) is 12.6. The van der Waals surface area contributed by atoms with Crippen molar-refractivity contribution < 1.29 is 9.59 Å². The van der Waals surface area contributed by atoms with Crippen molar-refractivity contribution in [1.29, 1.82) is 0 Å². The molecule has 1 saturated carbocycles. The van der Waals surface area contributed by atoms with Crippen LogP contribution in [0.1, 0.15) is 48.8 Å². The molecule has 186 valence electrons. The highest BCUT2D eigenvalue weighted by Crippen LogP contribution is 2.23. The van der Waals surface area contributed by atoms with Gasteiger partial charge in [0.15, 0.2) is 0 Å². The van der Waals surface area contributed by atoms with Crippen molar-refractivity contribution in [2.24, 2.45) is 0 Å². The van der Waals surface area contributed by atoms with E-state index in [1.807, 2.05) is 59.6 Å². The van der Waals surface area contributed by atoms with Crippen LogP contribution >= 0.6 is 0 Å². The van der Waals surface area contributed by atoms with E-state index in [0.717, 1.165) is 42.4 Å². The molecule has 2 amide bonds. The van der Waals surface area contributed by atoms with Gasteiger partial charge in [0.25, 0.3) is 0 Å². The molecule has 4 rings (SSSR count). The number of nitrogens with two attached hydrogens (primary N) is 1. The van der Waals surface area contributed by atoms with Crippen molar-refractivity contribution in [3.63, 3.8) is 0 Å². The second-order valence-electron chi connectivity index (χ2n) is 9.20. The molecule has 1 aliphatic rings. The second-order valence-corrected chi connectivity index (χ2v) is 9.20. The third kappa shape index (κ3) is 7.30. The number of hydrogen-bond acceptors (Lipinski definition) is 4. The van der Waals surface area contributed by atoms with E-state index in [2.05, 4.69) is 22.9 Å². The number of nitrogen functional groups attached to an aromatic ring is 1. The summed E-state index contributed by atoms with van der Waals surface area (Å²) in [4.78, 5) is 25.5. The molecule has 3 aromatic rings. The van der Waals surface area contributed by atoms with Gasteiger partial charge in [-0.3, -0.25) is 14.6 Å². The van der Waals surface area contributed by atoms with Gasteiger partial charge in [-0.05, 0) is 47.7 Å². The minimum absolute atomic E-state index is 0.0842. The maximum absolute atomic E-state index is 13.3. The van der Waals surface area contributed by atoms with Gasteiger partial charge in [0.05, 0.1) is 17.8 Å². The second kappa shape index (κ2) is 12.7. The van der Waals surface area contributed by atoms with Crippen LogP contribution in [0, 0.1) is 0 Å². The normalized spacial score (nSPS) is 14.0. The lowest BCUT2D eigenvalue weighted by Crippen LogP contribution is -2.50. The largest absolute Gasteiger partial charge is 0.397 e. The maximum atomic E-state index is 13.3. The Labute approximate surface area is 213 Å². The van der Waals surface area contributed by atoms with Crippen molar-refractivity contribution in [2.45, 2.75) is 51.1 Å². The van der Waals surface area contributed by atoms with Gasteiger partial charge in [0.2, 0.25) is 11.8 Å². The lowest BCUT2D eigenvalue weighted by molar-refractivity contribution is -0.137. The summed E-state index contributed by atoms with van der Waals surface area (Å²) in [6.07, 6.45) is 9.18. The van der Waals surface area contributed by atoms with E-state index < -0.39 is 0 Å². The summed E-state index contributed by atoms with van der Waals surface area (Å²) < 4.78 is 0. The molecular formula is C30H34N4O2. The summed E-state index contributed by atoms with van der Waals surface area (Å²) >= 11 is 0. The number of benzene rings is 3. The first-order chi connectivity index (χ1) is 17.6. The van der Waals surface area contributed by atoms with Gasteiger partial charge in [-0.15, -0.1) is 0 Å². The first kappa shape index (κ1) is 25.2. The van der Waals surface area contributed by atoms with Crippen molar-refractivity contribution in [2.75, 3.05) is 11.1 Å². The molecule has 0 radical (unpaired) electrons. The summed E-state index contributed by atoms with van der Waals surface area (Å²) in [7, 11) is 0. The molecule has 36 heavy (non-hydrogen) atoms. The zero-order valence-electron chi connectivity index (χ0n) is 20.5. The van der Waals surface area contributed by atoms with E-state index in [-0.39, 0.29) is 17.9 Å². The molecule has 6 nitrogen and oxygen atoms in total. The van der Waals surface area contributed by atoms with Crippen LogP contribution in [0.15, 0.2) is 84.9 Å². The number of anilines is 2. The molecule has 0 saturated heterocycles. The first-order valence-corrected chi connectivity index (χ1v) is 12.6. The number of hydrazine groups is 1. The van der Waals surface area contributed by atoms with Crippen LogP contribution in [0.3, 0.4) is 0 Å². The van der Waals surface area contributed by atoms with Crippen LogP contribution in [0.5, 0.6) is 0 Å². The number of para-hydroxylation sites is 2. The zero-order chi connectivity index (χ0) is 25.2. The van der Waals surface area contributed by atoms with Gasteiger partial charge in [0, 0.05) is 18.7 Å². The van der Waals surface area contributed by atoms with Crippen LogP contribution in [-0.4, -0.2) is 22.9 Å². The van der Waals surface area contributed by atoms with Gasteiger partial charge in [-0.2, -0.15) is 0 Å². The Balaban J connectivity index is 1.35. The van der Waals surface area contributed by atoms with Crippen LogP contribution in [0.2, 0.25) is 0 Å². The summed E-state index contributed by atoms with van der Waals surface area (Å²) in [6.45, 7) is 0.628. The Morgan fingerprint density at radius 1 is 0.861 bits per heavy atom. The minimum atomic E-state index is -0.250. The Bertz CT molecular complexity index is 1170. The lowest BCUT2D eigenvalue weighted by atomic mass is 9.94. The SMILES string of the molecule is Nc1ccccc1NC(=O)C=Cc1ccc(CC(=O)N(NCc2ccccc2)C2CCCCC2)cc1. The third-order valence-corrected chi connectivity index (χ3v) is 6.49. The van der Waals surface area contributed by atoms with E-state index in [1.54, 1.807) is 18.2 Å². The Hall–Kier alpha value is -3.90. The smallest absolute Gasteiger partial charge is 0.248 e. The highest BCUT2D eigenvalue weighted by Gasteiger charge is 2.25. The fourth-order valence-corrected chi connectivity index (χ4v) is 4.50. The molecule has 0 atom stereocenters. The number of nitrogens with one attached hydrogen (secondary N) is 2. The Morgan fingerprint density at radius 3 is 2.28 bits per heavy atom. The van der Waals surface area contributed by atoms with E-state index in [4.69, 9.17) is 5.73 Å². The fourth-order valence-electron chi connectivity index (χ4n) is 4.50. The quantitative estimate of drug-likeness (QED) is 0.219. The van der Waals surface area contributed by atoms with E-state index in [0.29, 0.717) is 24.3 Å². The number of carbonyl (C=O) groups excluding carboxylic acids is 2. The number of rotatable bonds is 9. The van der Waals surface area contributed by atoms with Crippen molar-refractivity contribution >= 4 is 29.3 Å². The van der Waals surface area contributed by atoms with Crippen LogP contribution in [0.4, 0.5) is 11.4 Å². The van der Waals surface area contributed by atoms with Crippen molar-refractivity contribution in [3.8, 4) is 0 Å². The standard InChI is InChI=1S/C30H34N4O2/c31-27-13-7-8-14-28(27)33-29(35)20-19-23-15-17-24(18-16-23)21-30(36)34(26-11-5-2-6-12-26)32-22-25-9-3-1-4-10-25/h1,3-4,7-10,13-20,26,32H,2,5-6,11-12,21-22,31H2,(H,33,35). The Morgan fingerprint density at radius 2 is 1.56 bits per heavy atom. The average molecular weight is 483 g/mol. The average Bonchev–Trinajstić information content (AvgIpc) is 2.91. The predicted molar refractivity (Wildman–Crippen MR) is 146 cm³/mol. The van der Waals surface area contributed by atoms with Gasteiger partial charge in [-0.25, -0.2) is 5.43 Å².